The van der Waals surface area contributed by atoms with Crippen LogP contribution in [0.15, 0.2) is 29.2 Å². The van der Waals surface area contributed by atoms with Crippen molar-refractivity contribution in [2.45, 2.75) is 13.5 Å². The molecule has 2 aromatic heterocycles. The first-order valence-corrected chi connectivity index (χ1v) is 9.17. The smallest absolute Gasteiger partial charge is 0.259 e. The molecule has 0 unspecified atom stereocenters. The Hall–Kier alpha value is -2.31. The molecule has 0 N–H and O–H groups in total. The van der Waals surface area contributed by atoms with Crippen LogP contribution in [0.1, 0.15) is 10.4 Å². The summed E-state index contributed by atoms with van der Waals surface area (Å²) in [7, 11) is 9.15. The number of aromatic nitrogens is 1. The summed E-state index contributed by atoms with van der Waals surface area (Å²) in [6.45, 7) is 2.74. The third kappa shape index (κ3) is 3.22. The molecule has 5 nitrogen and oxygen atoms in total. The highest BCUT2D eigenvalue weighted by Gasteiger charge is 2.18. The average molecular weight is 372 g/mol. The van der Waals surface area contributed by atoms with Gasteiger partial charge in [-0.3, -0.25) is 4.79 Å². The van der Waals surface area contributed by atoms with Gasteiger partial charge >= 0.3 is 0 Å². The molecule has 0 saturated heterocycles. The summed E-state index contributed by atoms with van der Waals surface area (Å²) in [6, 6.07) is 6.01. The molecule has 0 aliphatic rings. The average Bonchev–Trinajstić information content (AvgIpc) is 2.99. The molecular formula is C20H24N2O3S. The van der Waals surface area contributed by atoms with Crippen LogP contribution >= 0.6 is 11.3 Å². The van der Waals surface area contributed by atoms with Gasteiger partial charge < -0.3 is 18.9 Å². The summed E-state index contributed by atoms with van der Waals surface area (Å²) >= 11 is 1.64. The number of nitrogens with zero attached hydrogens (tertiary/aromatic N) is 2. The minimum Gasteiger partial charge on any atom is -0.496 e. The van der Waals surface area contributed by atoms with Crippen molar-refractivity contribution in [3.63, 3.8) is 0 Å². The quantitative estimate of drug-likeness (QED) is 0.686. The standard InChI is InChI=1S/C20H24N2O3S/c1-12-7-14-19(26-12)15(11-22(4)20(14)23)13-8-17(24-5)16(10-21(2)3)18(9-13)25-6/h7-9,11H,10H2,1-6H3. The lowest BCUT2D eigenvalue weighted by Crippen LogP contribution is -2.15. The summed E-state index contributed by atoms with van der Waals surface area (Å²) in [6.07, 6.45) is 1.89. The van der Waals surface area contributed by atoms with Gasteiger partial charge in [0.05, 0.1) is 25.2 Å². The van der Waals surface area contributed by atoms with Crippen molar-refractivity contribution in [3.05, 3.63) is 45.2 Å². The SMILES string of the molecule is COc1cc(-c2cn(C)c(=O)c3cc(C)sc23)cc(OC)c1CN(C)C. The van der Waals surface area contributed by atoms with Crippen molar-refractivity contribution < 1.29 is 9.47 Å². The molecule has 0 aliphatic carbocycles. The highest BCUT2D eigenvalue weighted by molar-refractivity contribution is 7.19. The van der Waals surface area contributed by atoms with E-state index in [9.17, 15) is 4.79 Å². The molecule has 0 fully saturated rings. The molecule has 0 spiro atoms. The van der Waals surface area contributed by atoms with Gasteiger partial charge in [-0.25, -0.2) is 0 Å². The van der Waals surface area contributed by atoms with Crippen LogP contribution in [0.25, 0.3) is 21.2 Å². The van der Waals surface area contributed by atoms with Gasteiger partial charge in [0, 0.05) is 34.9 Å². The Kier molecular flexibility index (Phi) is 5.07. The number of ether oxygens (including phenoxy) is 2. The summed E-state index contributed by atoms with van der Waals surface area (Å²) < 4.78 is 13.9. The lowest BCUT2D eigenvalue weighted by molar-refractivity contribution is 0.349. The first kappa shape index (κ1) is 18.5. The lowest BCUT2D eigenvalue weighted by Gasteiger charge is -2.19. The second kappa shape index (κ2) is 7.13. The molecule has 0 atom stereocenters. The Morgan fingerprint density at radius 2 is 1.73 bits per heavy atom. The van der Waals surface area contributed by atoms with Gasteiger partial charge in [0.25, 0.3) is 5.56 Å². The van der Waals surface area contributed by atoms with E-state index in [0.29, 0.717) is 6.54 Å². The topological polar surface area (TPSA) is 43.7 Å². The maximum absolute atomic E-state index is 12.5. The zero-order valence-corrected chi connectivity index (χ0v) is 16.9. The molecule has 138 valence electrons. The molecule has 26 heavy (non-hydrogen) atoms. The fraction of sp³-hybridized carbons (Fsp3) is 0.350. The third-order valence-electron chi connectivity index (χ3n) is 4.37. The van der Waals surface area contributed by atoms with E-state index in [1.54, 1.807) is 37.2 Å². The Morgan fingerprint density at radius 3 is 2.27 bits per heavy atom. The maximum Gasteiger partial charge on any atom is 0.259 e. The van der Waals surface area contributed by atoms with E-state index in [0.717, 1.165) is 43.2 Å². The Bertz CT molecular complexity index is 993. The third-order valence-corrected chi connectivity index (χ3v) is 5.45. The van der Waals surface area contributed by atoms with Gasteiger partial charge in [0.2, 0.25) is 0 Å². The normalized spacial score (nSPS) is 11.3. The van der Waals surface area contributed by atoms with Crippen molar-refractivity contribution >= 4 is 21.4 Å². The molecular weight excluding hydrogens is 348 g/mol. The molecule has 0 bridgehead atoms. The number of thiophene rings is 1. The van der Waals surface area contributed by atoms with Crippen molar-refractivity contribution in [1.82, 2.24) is 9.47 Å². The molecule has 1 aromatic carbocycles. The van der Waals surface area contributed by atoms with Crippen LogP contribution in [0.2, 0.25) is 0 Å². The summed E-state index contributed by atoms with van der Waals surface area (Å²) in [5.41, 5.74) is 3.01. The van der Waals surface area contributed by atoms with E-state index in [4.69, 9.17) is 9.47 Å². The van der Waals surface area contributed by atoms with E-state index < -0.39 is 0 Å². The number of methoxy groups -OCH3 is 2. The largest absolute Gasteiger partial charge is 0.496 e. The van der Waals surface area contributed by atoms with Crippen LogP contribution in [-0.2, 0) is 13.6 Å². The van der Waals surface area contributed by atoms with Crippen LogP contribution in [0.5, 0.6) is 11.5 Å². The van der Waals surface area contributed by atoms with Gasteiger partial charge in [0.15, 0.2) is 0 Å². The van der Waals surface area contributed by atoms with Gasteiger partial charge in [-0.2, -0.15) is 0 Å². The Labute approximate surface area is 157 Å². The summed E-state index contributed by atoms with van der Waals surface area (Å²) in [5, 5.41) is 0.753. The minimum atomic E-state index is 0.0243. The van der Waals surface area contributed by atoms with Crippen molar-refractivity contribution in [2.24, 2.45) is 7.05 Å². The van der Waals surface area contributed by atoms with Crippen LogP contribution < -0.4 is 15.0 Å². The lowest BCUT2D eigenvalue weighted by atomic mass is 10.0. The van der Waals surface area contributed by atoms with E-state index in [2.05, 4.69) is 4.90 Å². The first-order chi connectivity index (χ1) is 12.3. The molecule has 2 heterocycles. The number of hydrogen-bond acceptors (Lipinski definition) is 5. The zero-order chi connectivity index (χ0) is 19.0. The molecule has 0 aliphatic heterocycles. The molecule has 0 radical (unpaired) electrons. The maximum atomic E-state index is 12.5. The van der Waals surface area contributed by atoms with Gasteiger partial charge in [0.1, 0.15) is 11.5 Å². The monoisotopic (exact) mass is 372 g/mol. The van der Waals surface area contributed by atoms with E-state index in [1.165, 1.54) is 0 Å². The fourth-order valence-electron chi connectivity index (χ4n) is 3.19. The predicted octanol–water partition coefficient (Wildman–Crippen LogP) is 3.65. The van der Waals surface area contributed by atoms with Crippen LogP contribution in [0.4, 0.5) is 0 Å². The van der Waals surface area contributed by atoms with Crippen molar-refractivity contribution in [2.75, 3.05) is 28.3 Å². The number of aryl methyl sites for hydroxylation is 2. The molecule has 0 amide bonds. The summed E-state index contributed by atoms with van der Waals surface area (Å²) in [5.74, 6) is 1.56. The highest BCUT2D eigenvalue weighted by Crippen LogP contribution is 2.39. The zero-order valence-electron chi connectivity index (χ0n) is 16.0. The van der Waals surface area contributed by atoms with Crippen LogP contribution in [-0.4, -0.2) is 37.8 Å². The molecule has 3 rings (SSSR count). The second-order valence-electron chi connectivity index (χ2n) is 6.66. The second-order valence-corrected chi connectivity index (χ2v) is 7.91. The van der Waals surface area contributed by atoms with Crippen molar-refractivity contribution in [3.8, 4) is 22.6 Å². The molecule has 3 aromatic rings. The van der Waals surface area contributed by atoms with Crippen LogP contribution in [0.3, 0.4) is 0 Å². The number of pyridine rings is 1. The highest BCUT2D eigenvalue weighted by atomic mass is 32.1. The van der Waals surface area contributed by atoms with Gasteiger partial charge in [-0.1, -0.05) is 0 Å². The van der Waals surface area contributed by atoms with E-state index >= 15 is 0 Å². The molecule has 0 saturated carbocycles. The van der Waals surface area contributed by atoms with E-state index in [1.807, 2.05) is 45.4 Å². The van der Waals surface area contributed by atoms with Crippen molar-refractivity contribution in [1.29, 1.82) is 0 Å². The number of benzene rings is 1. The molecule has 6 heteroatoms. The van der Waals surface area contributed by atoms with Gasteiger partial charge in [-0.05, 0) is 44.8 Å². The fourth-order valence-corrected chi connectivity index (χ4v) is 4.23. The number of rotatable bonds is 5. The number of fused-ring (bicyclic) bond motifs is 1. The van der Waals surface area contributed by atoms with E-state index in [-0.39, 0.29) is 5.56 Å². The van der Waals surface area contributed by atoms with Gasteiger partial charge in [-0.15, -0.1) is 11.3 Å². The van der Waals surface area contributed by atoms with Crippen LogP contribution in [0, 0.1) is 6.92 Å². The minimum absolute atomic E-state index is 0.0243. The number of hydrogen-bond donors (Lipinski definition) is 0. The first-order valence-electron chi connectivity index (χ1n) is 8.35. The Morgan fingerprint density at radius 1 is 1.12 bits per heavy atom. The predicted molar refractivity (Wildman–Crippen MR) is 108 cm³/mol. The Balaban J connectivity index is 2.29. The summed E-state index contributed by atoms with van der Waals surface area (Å²) in [4.78, 5) is 15.7.